The molecule has 72 valence electrons. The summed E-state index contributed by atoms with van der Waals surface area (Å²) in [4.78, 5) is 1.08. The van der Waals surface area contributed by atoms with E-state index in [-0.39, 0.29) is 0 Å². The number of rotatable bonds is 1. The number of nitrogens with two attached hydrogens (primary N) is 2. The van der Waals surface area contributed by atoms with E-state index in [9.17, 15) is 0 Å². The van der Waals surface area contributed by atoms with Gasteiger partial charge in [-0.05, 0) is 29.8 Å². The Hall–Kier alpha value is -1.19. The van der Waals surface area contributed by atoms with Gasteiger partial charge in [0.05, 0.1) is 5.02 Å². The third-order valence-corrected chi connectivity index (χ3v) is 3.16. The van der Waals surface area contributed by atoms with Gasteiger partial charge in [-0.15, -0.1) is 11.3 Å². The maximum atomic E-state index is 5.84. The number of benzene rings is 1. The highest BCUT2D eigenvalue weighted by molar-refractivity contribution is 7.14. The molecule has 2 rings (SSSR count). The molecule has 0 aliphatic rings. The van der Waals surface area contributed by atoms with Crippen LogP contribution in [0.3, 0.4) is 0 Å². The van der Waals surface area contributed by atoms with E-state index < -0.39 is 0 Å². The predicted molar refractivity (Wildman–Crippen MR) is 63.6 cm³/mol. The Morgan fingerprint density at radius 3 is 2.14 bits per heavy atom. The van der Waals surface area contributed by atoms with Crippen LogP contribution in [0, 0.1) is 0 Å². The van der Waals surface area contributed by atoms with Gasteiger partial charge in [0, 0.05) is 21.6 Å². The fraction of sp³-hybridized carbons (Fsp3) is 0. The van der Waals surface area contributed by atoms with Gasteiger partial charge >= 0.3 is 0 Å². The second-order valence-electron chi connectivity index (χ2n) is 3.02. The van der Waals surface area contributed by atoms with Crippen LogP contribution in [-0.2, 0) is 0 Å². The minimum atomic E-state index is 0.671. The Morgan fingerprint density at radius 1 is 1.00 bits per heavy atom. The summed E-state index contributed by atoms with van der Waals surface area (Å²) in [6.07, 6.45) is 0. The van der Waals surface area contributed by atoms with Crippen molar-refractivity contribution in [1.82, 2.24) is 0 Å². The van der Waals surface area contributed by atoms with Crippen molar-refractivity contribution >= 4 is 34.3 Å². The van der Waals surface area contributed by atoms with Gasteiger partial charge in [0.2, 0.25) is 0 Å². The standard InChI is InChI=1S/C10H9ClN2S/c11-7-3-10(14-5-7)6-1-8(12)4-9(13)2-6/h1-5H,12-13H2. The number of nitrogen functional groups attached to an aromatic ring is 2. The molecule has 0 aliphatic heterocycles. The van der Waals surface area contributed by atoms with Gasteiger partial charge < -0.3 is 11.5 Å². The third kappa shape index (κ3) is 1.84. The molecule has 2 nitrogen and oxygen atoms in total. The van der Waals surface area contributed by atoms with Crippen molar-refractivity contribution in [3.05, 3.63) is 34.7 Å². The molecule has 0 amide bonds. The van der Waals surface area contributed by atoms with Gasteiger partial charge in [-0.25, -0.2) is 0 Å². The molecule has 0 bridgehead atoms. The van der Waals surface area contributed by atoms with E-state index >= 15 is 0 Å². The molecule has 4 heteroatoms. The van der Waals surface area contributed by atoms with E-state index in [1.807, 2.05) is 23.6 Å². The van der Waals surface area contributed by atoms with Gasteiger partial charge in [0.1, 0.15) is 0 Å². The largest absolute Gasteiger partial charge is 0.399 e. The van der Waals surface area contributed by atoms with Crippen molar-refractivity contribution in [2.24, 2.45) is 0 Å². The van der Waals surface area contributed by atoms with Gasteiger partial charge in [-0.3, -0.25) is 0 Å². The first-order chi connectivity index (χ1) is 6.65. The monoisotopic (exact) mass is 224 g/mol. The summed E-state index contributed by atoms with van der Waals surface area (Å²) in [7, 11) is 0. The highest BCUT2D eigenvalue weighted by atomic mass is 35.5. The molecule has 0 saturated heterocycles. The number of hydrogen-bond donors (Lipinski definition) is 2. The van der Waals surface area contributed by atoms with Crippen molar-refractivity contribution < 1.29 is 0 Å². The Kier molecular flexibility index (Phi) is 2.35. The summed E-state index contributed by atoms with van der Waals surface area (Å²) in [6, 6.07) is 7.41. The van der Waals surface area contributed by atoms with Crippen LogP contribution in [0.1, 0.15) is 0 Å². The summed E-state index contributed by atoms with van der Waals surface area (Å²) in [5.41, 5.74) is 13.7. The molecule has 0 fully saturated rings. The van der Waals surface area contributed by atoms with Crippen LogP contribution in [0.2, 0.25) is 5.02 Å². The summed E-state index contributed by atoms with van der Waals surface area (Å²) >= 11 is 7.41. The second-order valence-corrected chi connectivity index (χ2v) is 4.37. The highest BCUT2D eigenvalue weighted by Gasteiger charge is 2.02. The third-order valence-electron chi connectivity index (χ3n) is 1.83. The van der Waals surface area contributed by atoms with Crippen LogP contribution >= 0.6 is 22.9 Å². The zero-order chi connectivity index (χ0) is 10.1. The van der Waals surface area contributed by atoms with Gasteiger partial charge in [-0.1, -0.05) is 11.6 Å². The molecule has 0 unspecified atom stereocenters. The van der Waals surface area contributed by atoms with E-state index in [0.29, 0.717) is 11.4 Å². The van der Waals surface area contributed by atoms with Crippen molar-refractivity contribution in [3.63, 3.8) is 0 Å². The molecule has 0 radical (unpaired) electrons. The van der Waals surface area contributed by atoms with Crippen molar-refractivity contribution in [1.29, 1.82) is 0 Å². The summed E-state index contributed by atoms with van der Waals surface area (Å²) < 4.78 is 0. The molecule has 2 aromatic rings. The van der Waals surface area contributed by atoms with Crippen molar-refractivity contribution in [2.45, 2.75) is 0 Å². The molecule has 1 aromatic heterocycles. The lowest BCUT2D eigenvalue weighted by Gasteiger charge is -2.01. The predicted octanol–water partition coefficient (Wildman–Crippen LogP) is 3.23. The zero-order valence-corrected chi connectivity index (χ0v) is 8.90. The lowest BCUT2D eigenvalue weighted by atomic mass is 10.1. The lowest BCUT2D eigenvalue weighted by molar-refractivity contribution is 1.66. The maximum absolute atomic E-state index is 5.84. The minimum absolute atomic E-state index is 0.671. The number of thiophene rings is 1. The molecular weight excluding hydrogens is 216 g/mol. The first-order valence-corrected chi connectivity index (χ1v) is 5.31. The zero-order valence-electron chi connectivity index (χ0n) is 7.33. The molecule has 1 heterocycles. The number of anilines is 2. The Labute approximate surface area is 91.1 Å². The second kappa shape index (κ2) is 3.52. The Bertz CT molecular complexity index is 445. The summed E-state index contributed by atoms with van der Waals surface area (Å²) in [5, 5.41) is 2.63. The van der Waals surface area contributed by atoms with E-state index in [0.717, 1.165) is 15.5 Å². The van der Waals surface area contributed by atoms with E-state index in [1.54, 1.807) is 17.4 Å². The first-order valence-electron chi connectivity index (χ1n) is 4.05. The average molecular weight is 225 g/mol. The molecule has 0 aliphatic carbocycles. The van der Waals surface area contributed by atoms with Crippen LogP contribution < -0.4 is 11.5 Å². The Balaban J connectivity index is 2.51. The summed E-state index contributed by atoms with van der Waals surface area (Å²) in [6.45, 7) is 0. The molecular formula is C10H9ClN2S. The van der Waals surface area contributed by atoms with Gasteiger partial charge in [-0.2, -0.15) is 0 Å². The summed E-state index contributed by atoms with van der Waals surface area (Å²) in [5.74, 6) is 0. The number of halogens is 1. The first kappa shape index (κ1) is 9.37. The quantitative estimate of drug-likeness (QED) is 0.731. The number of hydrogen-bond acceptors (Lipinski definition) is 3. The fourth-order valence-electron chi connectivity index (χ4n) is 1.28. The average Bonchev–Trinajstić information content (AvgIpc) is 2.50. The lowest BCUT2D eigenvalue weighted by Crippen LogP contribution is -1.90. The van der Waals surface area contributed by atoms with Crippen molar-refractivity contribution in [2.75, 3.05) is 11.5 Å². The molecule has 0 spiro atoms. The Morgan fingerprint density at radius 2 is 1.64 bits per heavy atom. The van der Waals surface area contributed by atoms with Crippen LogP contribution in [0.5, 0.6) is 0 Å². The van der Waals surface area contributed by atoms with Crippen LogP contribution in [0.25, 0.3) is 10.4 Å². The van der Waals surface area contributed by atoms with Crippen LogP contribution in [0.15, 0.2) is 29.6 Å². The minimum Gasteiger partial charge on any atom is -0.399 e. The normalized spacial score (nSPS) is 10.4. The SMILES string of the molecule is Nc1cc(N)cc(-c2cc(Cl)cs2)c1. The smallest absolute Gasteiger partial charge is 0.0519 e. The van der Waals surface area contributed by atoms with Gasteiger partial charge in [0.25, 0.3) is 0 Å². The molecule has 14 heavy (non-hydrogen) atoms. The molecule has 0 saturated carbocycles. The topological polar surface area (TPSA) is 52.0 Å². The van der Waals surface area contributed by atoms with Crippen molar-refractivity contribution in [3.8, 4) is 10.4 Å². The molecule has 4 N–H and O–H groups in total. The van der Waals surface area contributed by atoms with E-state index in [2.05, 4.69) is 0 Å². The van der Waals surface area contributed by atoms with Crippen LogP contribution in [0.4, 0.5) is 11.4 Å². The highest BCUT2D eigenvalue weighted by Crippen LogP contribution is 2.31. The molecule has 1 aromatic carbocycles. The van der Waals surface area contributed by atoms with Gasteiger partial charge in [0.15, 0.2) is 0 Å². The van der Waals surface area contributed by atoms with E-state index in [4.69, 9.17) is 23.1 Å². The fourth-order valence-corrected chi connectivity index (χ4v) is 2.35. The maximum Gasteiger partial charge on any atom is 0.0519 e. The molecule has 0 atom stereocenters. The van der Waals surface area contributed by atoms with Crippen LogP contribution in [-0.4, -0.2) is 0 Å². The van der Waals surface area contributed by atoms with E-state index in [1.165, 1.54) is 0 Å².